The number of carbonyl (C=O) groups is 2. The number of amides is 2. The molecule has 0 bridgehead atoms. The van der Waals surface area contributed by atoms with E-state index in [4.69, 9.17) is 0 Å². The van der Waals surface area contributed by atoms with E-state index in [1.54, 1.807) is 55.0 Å². The van der Waals surface area contributed by atoms with Crippen LogP contribution in [0.5, 0.6) is 5.75 Å². The van der Waals surface area contributed by atoms with Gasteiger partial charge in [-0.2, -0.15) is 0 Å². The molecule has 2 aromatic heterocycles. The summed E-state index contributed by atoms with van der Waals surface area (Å²) in [5.41, 5.74) is 8.08. The molecule has 164 valence electrons. The normalized spacial score (nSPS) is 10.3. The molecule has 0 radical (unpaired) electrons. The van der Waals surface area contributed by atoms with Crippen molar-refractivity contribution < 1.29 is 14.7 Å². The maximum Gasteiger partial charge on any atom is 0.273 e. The number of nitrogens with one attached hydrogen (secondary N) is 3. The topological polar surface area (TPSA) is 129 Å². The minimum absolute atomic E-state index is 0.0507. The van der Waals surface area contributed by atoms with Gasteiger partial charge in [0.1, 0.15) is 5.75 Å². The number of carbonyl (C=O) groups excluding carboxylic acids is 2. The summed E-state index contributed by atoms with van der Waals surface area (Å²) in [6.07, 6.45) is 5.04. The van der Waals surface area contributed by atoms with Crippen molar-refractivity contribution in [1.29, 1.82) is 0 Å². The molecule has 2 amide bonds. The summed E-state index contributed by atoms with van der Waals surface area (Å²) >= 11 is 0. The average molecular weight is 440 g/mol. The fourth-order valence-electron chi connectivity index (χ4n) is 3.03. The Hall–Kier alpha value is -4.79. The van der Waals surface area contributed by atoms with Crippen molar-refractivity contribution in [3.05, 3.63) is 95.9 Å². The van der Waals surface area contributed by atoms with Crippen molar-refractivity contribution in [3.63, 3.8) is 0 Å². The summed E-state index contributed by atoms with van der Waals surface area (Å²) in [4.78, 5) is 37.6. The van der Waals surface area contributed by atoms with E-state index in [2.05, 4.69) is 31.1 Å². The van der Waals surface area contributed by atoms with Crippen LogP contribution in [0.25, 0.3) is 11.3 Å². The molecule has 9 heteroatoms. The predicted molar refractivity (Wildman–Crippen MR) is 123 cm³/mol. The van der Waals surface area contributed by atoms with Gasteiger partial charge >= 0.3 is 0 Å². The second-order valence-electron chi connectivity index (χ2n) is 7.09. The Morgan fingerprint density at radius 1 is 0.909 bits per heavy atom. The van der Waals surface area contributed by atoms with Crippen LogP contribution in [0.3, 0.4) is 0 Å². The number of phenolic OH excluding ortho intramolecular Hbond substituents is 1. The third-order valence-corrected chi connectivity index (χ3v) is 4.80. The van der Waals surface area contributed by atoms with Gasteiger partial charge in [0.05, 0.1) is 11.3 Å². The molecule has 0 saturated heterocycles. The maximum absolute atomic E-state index is 12.6. The van der Waals surface area contributed by atoms with E-state index in [-0.39, 0.29) is 11.3 Å². The molecule has 0 unspecified atom stereocenters. The number of aromatic hydroxyl groups is 1. The number of pyridine rings is 1. The molecule has 0 atom stereocenters. The predicted octanol–water partition coefficient (Wildman–Crippen LogP) is 3.37. The zero-order chi connectivity index (χ0) is 23.2. The van der Waals surface area contributed by atoms with Crippen LogP contribution in [0.4, 0.5) is 11.6 Å². The highest BCUT2D eigenvalue weighted by Gasteiger charge is 2.13. The summed E-state index contributed by atoms with van der Waals surface area (Å²) < 4.78 is 0. The second-order valence-corrected chi connectivity index (χ2v) is 7.09. The van der Waals surface area contributed by atoms with Gasteiger partial charge in [-0.25, -0.2) is 9.97 Å². The first-order valence-corrected chi connectivity index (χ1v) is 10.0. The number of aryl methyl sites for hydroxylation is 1. The van der Waals surface area contributed by atoms with Crippen molar-refractivity contribution in [2.75, 3.05) is 5.32 Å². The van der Waals surface area contributed by atoms with Crippen LogP contribution in [0.1, 0.15) is 26.3 Å². The van der Waals surface area contributed by atoms with Crippen molar-refractivity contribution in [1.82, 2.24) is 25.8 Å². The number of aromatic nitrogens is 3. The number of hydrogen-bond acceptors (Lipinski definition) is 7. The number of para-hydroxylation sites is 1. The maximum atomic E-state index is 12.6. The molecular formula is C24H20N6O3. The van der Waals surface area contributed by atoms with E-state index >= 15 is 0 Å². The lowest BCUT2D eigenvalue weighted by molar-refractivity contribution is 0.0845. The number of rotatable bonds is 5. The number of benzene rings is 2. The first kappa shape index (κ1) is 21.4. The van der Waals surface area contributed by atoms with E-state index < -0.39 is 11.8 Å². The molecule has 4 N–H and O–H groups in total. The Morgan fingerprint density at radius 3 is 2.52 bits per heavy atom. The Bertz CT molecular complexity index is 1310. The van der Waals surface area contributed by atoms with Crippen LogP contribution in [0, 0.1) is 6.92 Å². The molecule has 0 fully saturated rings. The highest BCUT2D eigenvalue weighted by Crippen LogP contribution is 2.22. The van der Waals surface area contributed by atoms with Crippen LogP contribution in [0.15, 0.2) is 79.3 Å². The number of anilines is 2. The van der Waals surface area contributed by atoms with Gasteiger partial charge in [-0.05, 0) is 55.0 Å². The van der Waals surface area contributed by atoms with Gasteiger partial charge in [0.15, 0.2) is 0 Å². The fourth-order valence-corrected chi connectivity index (χ4v) is 3.03. The summed E-state index contributed by atoms with van der Waals surface area (Å²) in [6.45, 7) is 1.88. The van der Waals surface area contributed by atoms with Crippen molar-refractivity contribution in [3.8, 4) is 17.0 Å². The third-order valence-electron chi connectivity index (χ3n) is 4.80. The molecule has 4 aromatic rings. The van der Waals surface area contributed by atoms with Crippen molar-refractivity contribution in [2.24, 2.45) is 0 Å². The number of hydrogen-bond donors (Lipinski definition) is 4. The summed E-state index contributed by atoms with van der Waals surface area (Å²) in [5, 5.41) is 12.9. The Balaban J connectivity index is 1.47. The van der Waals surface area contributed by atoms with Gasteiger partial charge in [0.2, 0.25) is 5.95 Å². The largest absolute Gasteiger partial charge is 0.507 e. The zero-order valence-electron chi connectivity index (χ0n) is 17.6. The summed E-state index contributed by atoms with van der Waals surface area (Å²) in [6, 6.07) is 16.6. The second kappa shape index (κ2) is 9.56. The minimum Gasteiger partial charge on any atom is -0.507 e. The molecule has 2 heterocycles. The van der Waals surface area contributed by atoms with Gasteiger partial charge in [0, 0.05) is 35.4 Å². The molecule has 0 aliphatic rings. The Kier molecular flexibility index (Phi) is 6.21. The Labute approximate surface area is 189 Å². The van der Waals surface area contributed by atoms with Gasteiger partial charge < -0.3 is 10.4 Å². The fraction of sp³-hybridized carbons (Fsp3) is 0.0417. The molecule has 4 rings (SSSR count). The van der Waals surface area contributed by atoms with E-state index in [0.29, 0.717) is 22.9 Å². The van der Waals surface area contributed by atoms with Crippen LogP contribution in [0.2, 0.25) is 0 Å². The highest BCUT2D eigenvalue weighted by atomic mass is 16.3. The molecular weight excluding hydrogens is 420 g/mol. The average Bonchev–Trinajstić information content (AvgIpc) is 2.84. The van der Waals surface area contributed by atoms with Crippen LogP contribution < -0.4 is 16.2 Å². The first-order chi connectivity index (χ1) is 16.0. The third kappa shape index (κ3) is 5.10. The summed E-state index contributed by atoms with van der Waals surface area (Å²) in [7, 11) is 0. The monoisotopic (exact) mass is 440 g/mol. The molecule has 0 saturated carbocycles. The summed E-state index contributed by atoms with van der Waals surface area (Å²) in [5.74, 6) is -0.969. The lowest BCUT2D eigenvalue weighted by atomic mass is 10.1. The van der Waals surface area contributed by atoms with Gasteiger partial charge in [0.25, 0.3) is 11.8 Å². The molecule has 0 spiro atoms. The van der Waals surface area contributed by atoms with Crippen LogP contribution in [-0.4, -0.2) is 31.9 Å². The smallest absolute Gasteiger partial charge is 0.273 e. The van der Waals surface area contributed by atoms with E-state index in [9.17, 15) is 14.7 Å². The molecule has 0 aliphatic carbocycles. The first-order valence-electron chi connectivity index (χ1n) is 10.0. The lowest BCUT2D eigenvalue weighted by Crippen LogP contribution is -2.41. The molecule has 9 nitrogen and oxygen atoms in total. The van der Waals surface area contributed by atoms with Crippen molar-refractivity contribution in [2.45, 2.75) is 6.92 Å². The highest BCUT2D eigenvalue weighted by molar-refractivity contribution is 6.00. The van der Waals surface area contributed by atoms with Gasteiger partial charge in [-0.1, -0.05) is 18.2 Å². The van der Waals surface area contributed by atoms with Crippen LogP contribution >= 0.6 is 0 Å². The number of hydrazine groups is 1. The molecule has 2 aromatic carbocycles. The van der Waals surface area contributed by atoms with Crippen LogP contribution in [-0.2, 0) is 0 Å². The zero-order valence-corrected chi connectivity index (χ0v) is 17.6. The number of phenols is 1. The van der Waals surface area contributed by atoms with E-state index in [1.807, 2.05) is 19.1 Å². The SMILES string of the molecule is Cc1ccc(C(=O)NNC(=O)c2ccccc2O)cc1Nc1nccc(-c2cccnc2)n1. The minimum atomic E-state index is -0.632. The standard InChI is InChI=1S/C24H20N6O3/c1-15-8-9-16(22(32)29-30-23(33)18-6-2-3-7-21(18)31)13-20(15)28-24-26-12-10-19(27-24)17-5-4-11-25-14-17/h2-14,31H,1H3,(H,29,32)(H,30,33)(H,26,27,28). The lowest BCUT2D eigenvalue weighted by Gasteiger charge is -2.12. The van der Waals surface area contributed by atoms with E-state index in [0.717, 1.165) is 11.1 Å². The molecule has 33 heavy (non-hydrogen) atoms. The Morgan fingerprint density at radius 2 is 1.73 bits per heavy atom. The van der Waals surface area contributed by atoms with E-state index in [1.165, 1.54) is 12.1 Å². The number of nitrogens with zero attached hydrogens (tertiary/aromatic N) is 3. The van der Waals surface area contributed by atoms with Crippen molar-refractivity contribution >= 4 is 23.5 Å². The van der Waals surface area contributed by atoms with Gasteiger partial charge in [-0.3, -0.25) is 25.4 Å². The quantitative estimate of drug-likeness (QED) is 0.350. The molecule has 0 aliphatic heterocycles. The van der Waals surface area contributed by atoms with Gasteiger partial charge in [-0.15, -0.1) is 0 Å².